The van der Waals surface area contributed by atoms with E-state index in [0.717, 1.165) is 25.8 Å². The van der Waals surface area contributed by atoms with Gasteiger partial charge in [0, 0.05) is 24.9 Å². The molecule has 3 aliphatic rings. The average Bonchev–Trinajstić information content (AvgIpc) is 2.67. The molecule has 4 nitrogen and oxygen atoms in total. The molecule has 3 heterocycles. The smallest absolute Gasteiger partial charge is 0.309 e. The van der Waals surface area contributed by atoms with Crippen LogP contribution in [0.2, 0.25) is 0 Å². The van der Waals surface area contributed by atoms with Gasteiger partial charge in [0.1, 0.15) is 6.10 Å². The summed E-state index contributed by atoms with van der Waals surface area (Å²) in [6, 6.07) is 0.251. The number of esters is 1. The Morgan fingerprint density at radius 2 is 2.12 bits per heavy atom. The van der Waals surface area contributed by atoms with Crippen molar-refractivity contribution >= 4 is 11.9 Å². The van der Waals surface area contributed by atoms with Crippen LogP contribution in [0.1, 0.15) is 32.6 Å². The van der Waals surface area contributed by atoms with E-state index in [1.165, 1.54) is 0 Å². The van der Waals surface area contributed by atoms with E-state index in [0.29, 0.717) is 6.42 Å². The lowest BCUT2D eigenvalue weighted by Gasteiger charge is -2.29. The molecule has 1 unspecified atom stereocenters. The Labute approximate surface area is 94.9 Å². The third-order valence-electron chi connectivity index (χ3n) is 4.35. The van der Waals surface area contributed by atoms with Crippen molar-refractivity contribution in [3.63, 3.8) is 0 Å². The molecular formula is C12H17NO3. The van der Waals surface area contributed by atoms with E-state index >= 15 is 0 Å². The molecule has 4 atom stereocenters. The highest BCUT2D eigenvalue weighted by Crippen LogP contribution is 2.41. The van der Waals surface area contributed by atoms with Gasteiger partial charge >= 0.3 is 5.97 Å². The second kappa shape index (κ2) is 3.47. The van der Waals surface area contributed by atoms with Crippen molar-refractivity contribution in [1.29, 1.82) is 0 Å². The predicted molar refractivity (Wildman–Crippen MR) is 56.5 cm³/mol. The summed E-state index contributed by atoms with van der Waals surface area (Å²) in [6.45, 7) is 2.79. The number of fused-ring (bicyclic) bond motifs is 3. The van der Waals surface area contributed by atoms with Gasteiger partial charge in [-0.25, -0.2) is 0 Å². The summed E-state index contributed by atoms with van der Waals surface area (Å²) >= 11 is 0. The summed E-state index contributed by atoms with van der Waals surface area (Å²) in [6.07, 6.45) is 3.49. The number of carbonyl (C=O) groups excluding carboxylic acids is 2. The van der Waals surface area contributed by atoms with E-state index in [9.17, 15) is 9.59 Å². The van der Waals surface area contributed by atoms with Crippen LogP contribution in [0.5, 0.6) is 0 Å². The average molecular weight is 223 g/mol. The minimum Gasteiger partial charge on any atom is -0.462 e. The first kappa shape index (κ1) is 10.1. The summed E-state index contributed by atoms with van der Waals surface area (Å²) in [7, 11) is 0. The first-order chi connectivity index (χ1) is 7.68. The van der Waals surface area contributed by atoms with E-state index in [1.807, 2.05) is 11.8 Å². The fourth-order valence-electron chi connectivity index (χ4n) is 3.56. The lowest BCUT2D eigenvalue weighted by Crippen LogP contribution is -2.41. The first-order valence-electron chi connectivity index (χ1n) is 6.18. The molecule has 3 rings (SSSR count). The van der Waals surface area contributed by atoms with Crippen molar-refractivity contribution in [1.82, 2.24) is 4.90 Å². The molecule has 0 aromatic rings. The van der Waals surface area contributed by atoms with Crippen LogP contribution in [0.4, 0.5) is 0 Å². The van der Waals surface area contributed by atoms with Gasteiger partial charge in [-0.05, 0) is 19.3 Å². The number of carbonyl (C=O) groups is 2. The Morgan fingerprint density at radius 3 is 2.94 bits per heavy atom. The normalized spacial score (nSPS) is 42.7. The molecule has 3 aliphatic heterocycles. The standard InChI is InChI=1S/C12H17NO3/c1-7-11-8-4-5-10(14)13(8)6-2-3-9(11)16-12(7)15/h7-9,11H,2-6H2,1H3/t7?,8-,9-,11-/m1/s1. The lowest BCUT2D eigenvalue weighted by atomic mass is 9.83. The molecule has 4 heteroatoms. The Morgan fingerprint density at radius 1 is 1.31 bits per heavy atom. The largest absolute Gasteiger partial charge is 0.462 e. The van der Waals surface area contributed by atoms with Gasteiger partial charge in [0.25, 0.3) is 0 Å². The minimum absolute atomic E-state index is 0.0403. The van der Waals surface area contributed by atoms with Crippen LogP contribution in [-0.4, -0.2) is 35.5 Å². The van der Waals surface area contributed by atoms with Crippen molar-refractivity contribution in [2.45, 2.75) is 44.8 Å². The van der Waals surface area contributed by atoms with Crippen LogP contribution < -0.4 is 0 Å². The zero-order valence-electron chi connectivity index (χ0n) is 9.52. The van der Waals surface area contributed by atoms with E-state index in [1.54, 1.807) is 0 Å². The summed E-state index contributed by atoms with van der Waals surface area (Å²) in [4.78, 5) is 25.3. The second-order valence-corrected chi connectivity index (χ2v) is 5.18. The summed E-state index contributed by atoms with van der Waals surface area (Å²) in [5.74, 6) is 0.386. The molecule has 88 valence electrons. The molecule has 0 aromatic heterocycles. The zero-order chi connectivity index (χ0) is 11.3. The Kier molecular flexibility index (Phi) is 2.19. The molecule has 0 aromatic carbocycles. The quantitative estimate of drug-likeness (QED) is 0.574. The van der Waals surface area contributed by atoms with Crippen molar-refractivity contribution < 1.29 is 14.3 Å². The van der Waals surface area contributed by atoms with E-state index in [2.05, 4.69) is 0 Å². The van der Waals surface area contributed by atoms with Crippen LogP contribution in [-0.2, 0) is 14.3 Å². The van der Waals surface area contributed by atoms with Crippen LogP contribution in [0.15, 0.2) is 0 Å². The number of amides is 1. The van der Waals surface area contributed by atoms with Crippen LogP contribution in [0.3, 0.4) is 0 Å². The molecule has 0 spiro atoms. The SMILES string of the molecule is CC1C(=O)O[C@@H]2CCCN3C(=O)CC[C@@H]3[C@@H]12. The maximum absolute atomic E-state index is 11.7. The first-order valence-corrected chi connectivity index (χ1v) is 6.18. The van der Waals surface area contributed by atoms with Crippen LogP contribution in [0.25, 0.3) is 0 Å². The number of hydrogen-bond acceptors (Lipinski definition) is 3. The van der Waals surface area contributed by atoms with Crippen LogP contribution in [0, 0.1) is 11.8 Å². The highest BCUT2D eigenvalue weighted by molar-refractivity contribution is 5.80. The molecule has 0 N–H and O–H groups in total. The Bertz CT molecular complexity index is 339. The molecule has 0 saturated carbocycles. The Balaban J connectivity index is 1.91. The maximum Gasteiger partial charge on any atom is 0.309 e. The Hall–Kier alpha value is -1.06. The van der Waals surface area contributed by atoms with Crippen molar-refractivity contribution in [2.24, 2.45) is 11.8 Å². The van der Waals surface area contributed by atoms with Gasteiger partial charge in [-0.15, -0.1) is 0 Å². The molecule has 0 aliphatic carbocycles. The number of hydrogen-bond donors (Lipinski definition) is 0. The van der Waals surface area contributed by atoms with Crippen molar-refractivity contribution in [3.8, 4) is 0 Å². The second-order valence-electron chi connectivity index (χ2n) is 5.18. The van der Waals surface area contributed by atoms with Crippen molar-refractivity contribution in [3.05, 3.63) is 0 Å². The number of ether oxygens (including phenoxy) is 1. The van der Waals surface area contributed by atoms with Gasteiger partial charge in [0.15, 0.2) is 0 Å². The number of rotatable bonds is 0. The third kappa shape index (κ3) is 1.28. The molecular weight excluding hydrogens is 206 g/mol. The van der Waals surface area contributed by atoms with Gasteiger partial charge in [-0.3, -0.25) is 9.59 Å². The fraction of sp³-hybridized carbons (Fsp3) is 0.833. The summed E-state index contributed by atoms with van der Waals surface area (Å²) in [5.41, 5.74) is 0. The van der Waals surface area contributed by atoms with E-state index in [4.69, 9.17) is 4.74 Å². The van der Waals surface area contributed by atoms with Crippen molar-refractivity contribution in [2.75, 3.05) is 6.54 Å². The molecule has 0 bridgehead atoms. The highest BCUT2D eigenvalue weighted by Gasteiger charge is 2.51. The molecule has 16 heavy (non-hydrogen) atoms. The van der Waals surface area contributed by atoms with Gasteiger partial charge in [0.05, 0.1) is 5.92 Å². The van der Waals surface area contributed by atoms with Crippen LogP contribution >= 0.6 is 0 Å². The minimum atomic E-state index is -0.0730. The zero-order valence-corrected chi connectivity index (χ0v) is 9.52. The highest BCUT2D eigenvalue weighted by atomic mass is 16.6. The van der Waals surface area contributed by atoms with E-state index < -0.39 is 0 Å². The fourth-order valence-corrected chi connectivity index (χ4v) is 3.56. The third-order valence-corrected chi connectivity index (χ3v) is 4.35. The topological polar surface area (TPSA) is 46.6 Å². The molecule has 3 saturated heterocycles. The van der Waals surface area contributed by atoms with Gasteiger partial charge in [0.2, 0.25) is 5.91 Å². The van der Waals surface area contributed by atoms with E-state index in [-0.39, 0.29) is 35.9 Å². The summed E-state index contributed by atoms with van der Waals surface area (Å²) in [5, 5.41) is 0. The molecule has 1 amide bonds. The molecule has 0 radical (unpaired) electrons. The van der Waals surface area contributed by atoms with Gasteiger partial charge < -0.3 is 9.64 Å². The summed E-state index contributed by atoms with van der Waals surface area (Å²) < 4.78 is 5.42. The van der Waals surface area contributed by atoms with Gasteiger partial charge in [-0.2, -0.15) is 0 Å². The number of nitrogens with zero attached hydrogens (tertiary/aromatic N) is 1. The predicted octanol–water partition coefficient (Wildman–Crippen LogP) is 0.949. The lowest BCUT2D eigenvalue weighted by molar-refractivity contribution is -0.144. The maximum atomic E-state index is 11.7. The monoisotopic (exact) mass is 223 g/mol. The molecule has 3 fully saturated rings. The van der Waals surface area contributed by atoms with Gasteiger partial charge in [-0.1, -0.05) is 6.92 Å².